The first kappa shape index (κ1) is 8.65. The fourth-order valence-electron chi connectivity index (χ4n) is 1.46. The second kappa shape index (κ2) is 3.85. The Bertz CT molecular complexity index is 244. The summed E-state index contributed by atoms with van der Waals surface area (Å²) in [6.07, 6.45) is 2.40. The second-order valence-corrected chi connectivity index (χ2v) is 3.24. The summed E-state index contributed by atoms with van der Waals surface area (Å²) in [5.41, 5.74) is 0. The quantitative estimate of drug-likeness (QED) is 0.739. The maximum absolute atomic E-state index is 5.25. The summed E-state index contributed by atoms with van der Waals surface area (Å²) >= 11 is 0. The number of nitrogens with zero attached hydrogens (tertiary/aromatic N) is 2. The molecule has 13 heavy (non-hydrogen) atoms. The monoisotopic (exact) mass is 183 g/mol. The summed E-state index contributed by atoms with van der Waals surface area (Å²) in [6, 6.07) is 0.555. The van der Waals surface area contributed by atoms with Crippen LogP contribution in [0.2, 0.25) is 0 Å². The van der Waals surface area contributed by atoms with E-state index in [2.05, 4.69) is 20.0 Å². The summed E-state index contributed by atoms with van der Waals surface area (Å²) in [6.45, 7) is 3.64. The van der Waals surface area contributed by atoms with E-state index >= 15 is 0 Å². The molecule has 0 spiro atoms. The molecule has 1 aromatic rings. The molecule has 1 aliphatic heterocycles. The van der Waals surface area contributed by atoms with E-state index in [9.17, 15) is 0 Å². The summed E-state index contributed by atoms with van der Waals surface area (Å²) in [5, 5.41) is 7.14. The normalized spacial score (nSPS) is 24.8. The molecule has 1 fully saturated rings. The number of rotatable bonds is 3. The lowest BCUT2D eigenvalue weighted by atomic mass is 10.2. The largest absolute Gasteiger partial charge is 0.380 e. The first-order valence-electron chi connectivity index (χ1n) is 4.46. The lowest BCUT2D eigenvalue weighted by Gasteiger charge is -2.14. The zero-order valence-corrected chi connectivity index (χ0v) is 7.56. The molecule has 0 amide bonds. The SMILES string of the molecule is CC(NC1CCOC1)c1ncon1. The Balaban J connectivity index is 1.87. The number of aromatic nitrogens is 2. The van der Waals surface area contributed by atoms with E-state index in [4.69, 9.17) is 4.74 Å². The van der Waals surface area contributed by atoms with Crippen LogP contribution in [0.15, 0.2) is 10.9 Å². The Morgan fingerprint density at radius 1 is 1.69 bits per heavy atom. The van der Waals surface area contributed by atoms with Gasteiger partial charge in [0.2, 0.25) is 6.39 Å². The molecule has 1 N–H and O–H groups in total. The third-order valence-corrected chi connectivity index (χ3v) is 2.18. The van der Waals surface area contributed by atoms with Gasteiger partial charge in [-0.15, -0.1) is 0 Å². The average molecular weight is 183 g/mol. The van der Waals surface area contributed by atoms with Gasteiger partial charge in [-0.1, -0.05) is 5.16 Å². The average Bonchev–Trinajstić information content (AvgIpc) is 2.74. The molecule has 2 heterocycles. The highest BCUT2D eigenvalue weighted by Gasteiger charge is 2.19. The van der Waals surface area contributed by atoms with Crippen LogP contribution in [0.25, 0.3) is 0 Å². The van der Waals surface area contributed by atoms with Gasteiger partial charge < -0.3 is 14.6 Å². The predicted octanol–water partition coefficient (Wildman–Crippen LogP) is 0.509. The molecule has 1 aliphatic rings. The van der Waals surface area contributed by atoms with Crippen LogP contribution in [-0.4, -0.2) is 29.4 Å². The highest BCUT2D eigenvalue weighted by Crippen LogP contribution is 2.11. The first-order valence-corrected chi connectivity index (χ1v) is 4.46. The van der Waals surface area contributed by atoms with Crippen LogP contribution >= 0.6 is 0 Å². The van der Waals surface area contributed by atoms with Gasteiger partial charge in [-0.05, 0) is 13.3 Å². The minimum Gasteiger partial charge on any atom is -0.380 e. The highest BCUT2D eigenvalue weighted by molar-refractivity contribution is 4.89. The minimum atomic E-state index is 0.130. The molecule has 5 heteroatoms. The molecule has 2 unspecified atom stereocenters. The maximum atomic E-state index is 5.25. The van der Waals surface area contributed by atoms with Gasteiger partial charge in [0.1, 0.15) is 0 Å². The molecule has 1 aromatic heterocycles. The Morgan fingerprint density at radius 2 is 2.62 bits per heavy atom. The molecule has 0 saturated carbocycles. The molecule has 72 valence electrons. The minimum absolute atomic E-state index is 0.130. The summed E-state index contributed by atoms with van der Waals surface area (Å²) < 4.78 is 9.92. The highest BCUT2D eigenvalue weighted by atomic mass is 16.5. The van der Waals surface area contributed by atoms with E-state index in [1.165, 1.54) is 6.39 Å². The van der Waals surface area contributed by atoms with Crippen LogP contribution in [0.4, 0.5) is 0 Å². The molecular formula is C8H13N3O2. The van der Waals surface area contributed by atoms with Gasteiger partial charge in [0.15, 0.2) is 5.82 Å². The summed E-state index contributed by atoms with van der Waals surface area (Å²) in [5.74, 6) is 0.701. The first-order chi connectivity index (χ1) is 6.36. The zero-order valence-electron chi connectivity index (χ0n) is 7.56. The van der Waals surface area contributed by atoms with Crippen molar-refractivity contribution in [2.24, 2.45) is 0 Å². The van der Waals surface area contributed by atoms with E-state index in [1.807, 2.05) is 6.92 Å². The van der Waals surface area contributed by atoms with Gasteiger partial charge in [0.25, 0.3) is 0 Å². The van der Waals surface area contributed by atoms with Crippen molar-refractivity contribution in [3.63, 3.8) is 0 Å². The maximum Gasteiger partial charge on any atom is 0.213 e. The van der Waals surface area contributed by atoms with E-state index < -0.39 is 0 Å². The molecule has 0 aliphatic carbocycles. The van der Waals surface area contributed by atoms with Gasteiger partial charge in [-0.2, -0.15) is 4.98 Å². The van der Waals surface area contributed by atoms with Crippen LogP contribution < -0.4 is 5.32 Å². The van der Waals surface area contributed by atoms with Crippen molar-refractivity contribution in [3.05, 3.63) is 12.2 Å². The Kier molecular flexibility index (Phi) is 2.56. The van der Waals surface area contributed by atoms with Crippen molar-refractivity contribution in [2.75, 3.05) is 13.2 Å². The molecule has 2 rings (SSSR count). The number of hydrogen-bond donors (Lipinski definition) is 1. The Labute approximate surface area is 76.5 Å². The van der Waals surface area contributed by atoms with Crippen LogP contribution in [0.3, 0.4) is 0 Å². The molecule has 1 saturated heterocycles. The lowest BCUT2D eigenvalue weighted by Crippen LogP contribution is -2.32. The molecule has 2 atom stereocenters. The van der Waals surface area contributed by atoms with Crippen molar-refractivity contribution in [1.29, 1.82) is 0 Å². The van der Waals surface area contributed by atoms with Crippen molar-refractivity contribution >= 4 is 0 Å². The number of hydrogen-bond acceptors (Lipinski definition) is 5. The lowest BCUT2D eigenvalue weighted by molar-refractivity contribution is 0.188. The third kappa shape index (κ3) is 2.05. The van der Waals surface area contributed by atoms with Crippen LogP contribution in [-0.2, 0) is 4.74 Å². The third-order valence-electron chi connectivity index (χ3n) is 2.18. The van der Waals surface area contributed by atoms with Crippen molar-refractivity contribution in [2.45, 2.75) is 25.4 Å². The Hall–Kier alpha value is -0.940. The van der Waals surface area contributed by atoms with Crippen molar-refractivity contribution in [3.8, 4) is 0 Å². The fourth-order valence-corrected chi connectivity index (χ4v) is 1.46. The van der Waals surface area contributed by atoms with Crippen LogP contribution in [0.1, 0.15) is 25.2 Å². The van der Waals surface area contributed by atoms with E-state index in [-0.39, 0.29) is 6.04 Å². The van der Waals surface area contributed by atoms with Gasteiger partial charge in [0, 0.05) is 12.6 Å². The van der Waals surface area contributed by atoms with Gasteiger partial charge in [-0.3, -0.25) is 0 Å². The van der Waals surface area contributed by atoms with Gasteiger partial charge in [-0.25, -0.2) is 0 Å². The van der Waals surface area contributed by atoms with Crippen LogP contribution in [0.5, 0.6) is 0 Å². The molecular weight excluding hydrogens is 170 g/mol. The van der Waals surface area contributed by atoms with Gasteiger partial charge >= 0.3 is 0 Å². The number of ether oxygens (including phenoxy) is 1. The standard InChI is InChI=1S/C8H13N3O2/c1-6(8-9-5-13-11-8)10-7-2-3-12-4-7/h5-7,10H,2-4H2,1H3. The molecule has 0 radical (unpaired) electrons. The molecule has 0 bridgehead atoms. The van der Waals surface area contributed by atoms with E-state index in [0.717, 1.165) is 19.6 Å². The van der Waals surface area contributed by atoms with Crippen molar-refractivity contribution < 1.29 is 9.26 Å². The number of nitrogens with one attached hydrogen (secondary N) is 1. The zero-order chi connectivity index (χ0) is 9.10. The van der Waals surface area contributed by atoms with Gasteiger partial charge in [0.05, 0.1) is 12.6 Å². The predicted molar refractivity (Wildman–Crippen MR) is 45.1 cm³/mol. The molecule has 5 nitrogen and oxygen atoms in total. The Morgan fingerprint density at radius 3 is 3.23 bits per heavy atom. The topological polar surface area (TPSA) is 60.2 Å². The smallest absolute Gasteiger partial charge is 0.213 e. The summed E-state index contributed by atoms with van der Waals surface area (Å²) in [7, 11) is 0. The van der Waals surface area contributed by atoms with Crippen molar-refractivity contribution in [1.82, 2.24) is 15.5 Å². The van der Waals surface area contributed by atoms with Crippen LogP contribution in [0, 0.1) is 0 Å². The molecule has 0 aromatic carbocycles. The summed E-state index contributed by atoms with van der Waals surface area (Å²) in [4.78, 5) is 3.98. The van der Waals surface area contributed by atoms with E-state index in [0.29, 0.717) is 11.9 Å². The second-order valence-electron chi connectivity index (χ2n) is 3.24. The van der Waals surface area contributed by atoms with E-state index in [1.54, 1.807) is 0 Å². The fraction of sp³-hybridized carbons (Fsp3) is 0.750.